The number of fused-ring (bicyclic) bond motifs is 1. The fraction of sp³-hybridized carbons (Fsp3) is 0.368. The van der Waals surface area contributed by atoms with Gasteiger partial charge in [-0.25, -0.2) is 13.8 Å². The van der Waals surface area contributed by atoms with E-state index in [9.17, 15) is 18.4 Å². The third kappa shape index (κ3) is 3.57. The molecule has 4 rings (SSSR count). The molecule has 0 N–H and O–H groups in total. The minimum absolute atomic E-state index is 0.0232. The predicted molar refractivity (Wildman–Crippen MR) is 93.1 cm³/mol. The summed E-state index contributed by atoms with van der Waals surface area (Å²) < 4.78 is 32.2. The zero-order chi connectivity index (χ0) is 19.0. The van der Waals surface area contributed by atoms with Crippen LogP contribution in [0.5, 0.6) is 0 Å². The van der Waals surface area contributed by atoms with Crippen LogP contribution in [-0.2, 0) is 0 Å². The molecule has 2 heterocycles. The van der Waals surface area contributed by atoms with Gasteiger partial charge in [-0.2, -0.15) is 0 Å². The Labute approximate surface area is 153 Å². The topological polar surface area (TPSA) is 75.8 Å². The quantitative estimate of drug-likeness (QED) is 0.824. The molecule has 0 unspecified atom stereocenters. The van der Waals surface area contributed by atoms with Crippen LogP contribution in [0.4, 0.5) is 8.78 Å². The number of ketones is 2. The van der Waals surface area contributed by atoms with Gasteiger partial charge in [-0.3, -0.25) is 14.6 Å². The highest BCUT2D eigenvalue weighted by Gasteiger charge is 2.35. The van der Waals surface area contributed by atoms with Gasteiger partial charge in [0.25, 0.3) is 0 Å². The van der Waals surface area contributed by atoms with E-state index in [2.05, 4.69) is 14.9 Å². The maximum absolute atomic E-state index is 13.4. The molecule has 140 valence electrons. The van der Waals surface area contributed by atoms with Crippen LogP contribution in [0.25, 0.3) is 11.5 Å². The average molecular weight is 373 g/mol. The number of hydrogen-bond donors (Lipinski definition) is 0. The van der Waals surface area contributed by atoms with Crippen molar-refractivity contribution >= 4 is 17.3 Å². The van der Waals surface area contributed by atoms with Crippen molar-refractivity contribution in [3.63, 3.8) is 0 Å². The second-order valence-electron chi connectivity index (χ2n) is 6.66. The van der Waals surface area contributed by atoms with E-state index in [0.717, 1.165) is 31.8 Å². The summed E-state index contributed by atoms with van der Waals surface area (Å²) in [5.74, 6) is -2.88. The summed E-state index contributed by atoms with van der Waals surface area (Å²) in [4.78, 5) is 35.4. The minimum atomic E-state index is -0.803. The van der Waals surface area contributed by atoms with Crippen LogP contribution in [-0.4, -0.2) is 53.3 Å². The number of benzene rings is 1. The number of rotatable bonds is 4. The fourth-order valence-electron chi connectivity index (χ4n) is 3.37. The van der Waals surface area contributed by atoms with Gasteiger partial charge < -0.3 is 9.32 Å². The number of carbonyl (C=O) groups excluding carboxylic acids is 2. The highest BCUT2D eigenvalue weighted by atomic mass is 19.1. The summed E-state index contributed by atoms with van der Waals surface area (Å²) in [5.41, 5.74) is 0.0491. The van der Waals surface area contributed by atoms with Gasteiger partial charge in [0.15, 0.2) is 11.5 Å². The number of Topliss-reactive ketones (excluding diaryl/α,β-unsaturated/α-hetero) is 2. The molecule has 2 aliphatic rings. The summed E-state index contributed by atoms with van der Waals surface area (Å²) in [6.07, 6.45) is 2.19. The van der Waals surface area contributed by atoms with Crippen LogP contribution >= 0.6 is 0 Å². The van der Waals surface area contributed by atoms with E-state index in [-0.39, 0.29) is 35.0 Å². The summed E-state index contributed by atoms with van der Waals surface area (Å²) >= 11 is 0. The zero-order valence-corrected chi connectivity index (χ0v) is 14.5. The molecule has 1 fully saturated rings. The summed E-state index contributed by atoms with van der Waals surface area (Å²) in [6.45, 7) is 3.22. The monoisotopic (exact) mass is 373 g/mol. The maximum Gasteiger partial charge on any atom is 0.244 e. The molecule has 1 saturated heterocycles. The SMILES string of the molecule is O=C1CC(=NCCN2CCCC2)C(=O)c2oc(-c3cc(F)cc(F)c3)nc21. The summed E-state index contributed by atoms with van der Waals surface area (Å²) in [6, 6.07) is 2.77. The molecule has 1 aliphatic carbocycles. The molecule has 0 radical (unpaired) electrons. The molecule has 27 heavy (non-hydrogen) atoms. The number of nitrogens with zero attached hydrogens (tertiary/aromatic N) is 3. The van der Waals surface area contributed by atoms with E-state index < -0.39 is 23.2 Å². The average Bonchev–Trinajstić information content (AvgIpc) is 3.28. The smallest absolute Gasteiger partial charge is 0.244 e. The molecule has 0 saturated carbocycles. The van der Waals surface area contributed by atoms with Crippen molar-refractivity contribution < 1.29 is 22.8 Å². The number of hydrogen-bond acceptors (Lipinski definition) is 6. The molecular formula is C19H17F2N3O3. The lowest BCUT2D eigenvalue weighted by atomic mass is 9.97. The summed E-state index contributed by atoms with van der Waals surface area (Å²) in [7, 11) is 0. The first-order chi connectivity index (χ1) is 13.0. The number of likely N-dealkylation sites (tertiary alicyclic amines) is 1. The van der Waals surface area contributed by atoms with E-state index in [1.807, 2.05) is 0 Å². The van der Waals surface area contributed by atoms with Crippen LogP contribution in [0.3, 0.4) is 0 Å². The Morgan fingerprint density at radius 1 is 1.11 bits per heavy atom. The van der Waals surface area contributed by atoms with E-state index in [4.69, 9.17) is 4.42 Å². The largest absolute Gasteiger partial charge is 0.432 e. The van der Waals surface area contributed by atoms with Crippen molar-refractivity contribution in [1.29, 1.82) is 0 Å². The molecule has 1 aromatic carbocycles. The van der Waals surface area contributed by atoms with Crippen LogP contribution in [0.2, 0.25) is 0 Å². The molecule has 0 amide bonds. The Balaban J connectivity index is 1.58. The van der Waals surface area contributed by atoms with Crippen molar-refractivity contribution in [2.75, 3.05) is 26.2 Å². The van der Waals surface area contributed by atoms with E-state index in [1.54, 1.807) is 0 Å². The Kier molecular flexibility index (Phi) is 4.65. The van der Waals surface area contributed by atoms with Crippen molar-refractivity contribution in [2.24, 2.45) is 4.99 Å². The molecule has 0 atom stereocenters. The number of aliphatic imine (C=N–C) groups is 1. The standard InChI is InChI=1S/C19H17F2N3O3/c20-12-7-11(8-13(21)9-12)19-23-16-15(25)10-14(17(26)18(16)27-19)22-3-6-24-4-1-2-5-24/h7-9H,1-6,10H2. The molecule has 1 aliphatic heterocycles. The number of aromatic nitrogens is 1. The van der Waals surface area contributed by atoms with Crippen molar-refractivity contribution in [3.05, 3.63) is 41.3 Å². The van der Waals surface area contributed by atoms with Crippen LogP contribution < -0.4 is 0 Å². The van der Waals surface area contributed by atoms with Crippen molar-refractivity contribution in [3.8, 4) is 11.5 Å². The highest BCUT2D eigenvalue weighted by molar-refractivity contribution is 6.51. The van der Waals surface area contributed by atoms with Crippen LogP contribution in [0.15, 0.2) is 27.6 Å². The van der Waals surface area contributed by atoms with Gasteiger partial charge in [0.05, 0.1) is 18.7 Å². The van der Waals surface area contributed by atoms with Gasteiger partial charge in [0.2, 0.25) is 17.4 Å². The third-order valence-corrected chi connectivity index (χ3v) is 4.71. The van der Waals surface area contributed by atoms with Gasteiger partial charge in [-0.05, 0) is 38.1 Å². The molecule has 1 aromatic heterocycles. The lowest BCUT2D eigenvalue weighted by Crippen LogP contribution is -2.28. The third-order valence-electron chi connectivity index (χ3n) is 4.71. The highest BCUT2D eigenvalue weighted by Crippen LogP contribution is 2.28. The van der Waals surface area contributed by atoms with Gasteiger partial charge in [-0.15, -0.1) is 0 Å². The fourth-order valence-corrected chi connectivity index (χ4v) is 3.37. The van der Waals surface area contributed by atoms with E-state index in [1.165, 1.54) is 12.8 Å². The lowest BCUT2D eigenvalue weighted by molar-refractivity contribution is 0.0949. The number of halogens is 2. The second kappa shape index (κ2) is 7.11. The van der Waals surface area contributed by atoms with E-state index >= 15 is 0 Å². The van der Waals surface area contributed by atoms with Gasteiger partial charge in [0, 0.05) is 18.2 Å². The Hall–Kier alpha value is -2.74. The minimum Gasteiger partial charge on any atom is -0.432 e. The first kappa shape index (κ1) is 17.7. The molecule has 6 nitrogen and oxygen atoms in total. The van der Waals surface area contributed by atoms with Crippen molar-refractivity contribution in [2.45, 2.75) is 19.3 Å². The maximum atomic E-state index is 13.4. The molecular weight excluding hydrogens is 356 g/mol. The second-order valence-corrected chi connectivity index (χ2v) is 6.66. The summed E-state index contributed by atoms with van der Waals surface area (Å²) in [5, 5.41) is 0. The normalized spacial score (nSPS) is 19.1. The Morgan fingerprint density at radius 2 is 1.81 bits per heavy atom. The Morgan fingerprint density at radius 3 is 2.52 bits per heavy atom. The molecule has 2 aromatic rings. The first-order valence-electron chi connectivity index (χ1n) is 8.82. The number of oxazole rings is 1. The first-order valence-corrected chi connectivity index (χ1v) is 8.82. The molecule has 0 bridgehead atoms. The molecule has 8 heteroatoms. The van der Waals surface area contributed by atoms with Gasteiger partial charge in [-0.1, -0.05) is 0 Å². The molecule has 0 spiro atoms. The number of carbonyl (C=O) groups is 2. The van der Waals surface area contributed by atoms with Crippen LogP contribution in [0.1, 0.15) is 40.3 Å². The van der Waals surface area contributed by atoms with Gasteiger partial charge >= 0.3 is 0 Å². The van der Waals surface area contributed by atoms with Crippen molar-refractivity contribution in [1.82, 2.24) is 9.88 Å². The zero-order valence-electron chi connectivity index (χ0n) is 14.5. The predicted octanol–water partition coefficient (Wildman–Crippen LogP) is 2.93. The lowest BCUT2D eigenvalue weighted by Gasteiger charge is -2.13. The van der Waals surface area contributed by atoms with Gasteiger partial charge in [0.1, 0.15) is 11.6 Å². The van der Waals surface area contributed by atoms with Crippen LogP contribution in [0, 0.1) is 11.6 Å². The van der Waals surface area contributed by atoms with E-state index in [0.29, 0.717) is 12.6 Å². The Bertz CT molecular complexity index is 925.